The van der Waals surface area contributed by atoms with Crippen molar-refractivity contribution in [1.82, 2.24) is 14.7 Å². The number of hydrogen-bond acceptors (Lipinski definition) is 5. The van der Waals surface area contributed by atoms with Gasteiger partial charge in [0.05, 0.1) is 35.2 Å². The summed E-state index contributed by atoms with van der Waals surface area (Å²) in [6, 6.07) is 16.2. The van der Waals surface area contributed by atoms with E-state index in [1.165, 1.54) is 6.20 Å². The average Bonchev–Trinajstić information content (AvgIpc) is 3.14. The minimum Gasteiger partial charge on any atom is -0.480 e. The molecule has 1 atom stereocenters. The largest absolute Gasteiger partial charge is 0.480 e. The van der Waals surface area contributed by atoms with Gasteiger partial charge in [0.2, 0.25) is 0 Å². The first kappa shape index (κ1) is 20.5. The molecule has 1 aliphatic heterocycles. The highest BCUT2D eigenvalue weighted by molar-refractivity contribution is 6.12. The Balaban J connectivity index is 1.64. The lowest BCUT2D eigenvalue weighted by molar-refractivity contribution is -0.135. The van der Waals surface area contributed by atoms with E-state index in [0.29, 0.717) is 29.8 Å². The van der Waals surface area contributed by atoms with Gasteiger partial charge in [-0.05, 0) is 37.6 Å². The highest BCUT2D eigenvalue weighted by Crippen LogP contribution is 2.27. The Hall–Kier alpha value is -3.74. The molecular weight excluding hydrogens is 394 g/mol. The Kier molecular flexibility index (Phi) is 5.66. The molecule has 158 valence electrons. The minimum atomic E-state index is -0.807. The molecule has 1 unspecified atom stereocenters. The summed E-state index contributed by atoms with van der Waals surface area (Å²) in [5.41, 5.74) is 2.12. The summed E-state index contributed by atoms with van der Waals surface area (Å²) in [7, 11) is 0. The number of nitrogens with zero attached hydrogens (tertiary/aromatic N) is 3. The molecule has 1 aliphatic rings. The van der Waals surface area contributed by atoms with Crippen LogP contribution < -0.4 is 4.74 Å². The lowest BCUT2D eigenvalue weighted by atomic mass is 10.1. The second kappa shape index (κ2) is 8.55. The van der Waals surface area contributed by atoms with Gasteiger partial charge in [0.25, 0.3) is 11.8 Å². The van der Waals surface area contributed by atoms with Gasteiger partial charge < -0.3 is 4.74 Å². The summed E-state index contributed by atoms with van der Waals surface area (Å²) in [6.45, 7) is 3.36. The van der Waals surface area contributed by atoms with E-state index in [2.05, 4.69) is 5.10 Å². The zero-order chi connectivity index (χ0) is 22.0. The van der Waals surface area contributed by atoms with Gasteiger partial charge in [0, 0.05) is 0 Å². The number of hydrogen-bond donors (Lipinski definition) is 0. The number of imide groups is 1. The molecule has 0 bridgehead atoms. The van der Waals surface area contributed by atoms with Crippen LogP contribution in [0.15, 0.2) is 60.8 Å². The predicted molar refractivity (Wildman–Crippen MR) is 114 cm³/mol. The van der Waals surface area contributed by atoms with Crippen molar-refractivity contribution in [2.75, 3.05) is 6.54 Å². The quantitative estimate of drug-likeness (QED) is 0.452. The summed E-state index contributed by atoms with van der Waals surface area (Å²) in [6.07, 6.45) is 1.83. The topological polar surface area (TPSA) is 81.5 Å². The molecule has 7 heteroatoms. The van der Waals surface area contributed by atoms with Crippen molar-refractivity contribution in [3.63, 3.8) is 0 Å². The van der Waals surface area contributed by atoms with Gasteiger partial charge in [-0.3, -0.25) is 19.3 Å². The third kappa shape index (κ3) is 3.86. The van der Waals surface area contributed by atoms with Crippen LogP contribution in [0.1, 0.15) is 46.2 Å². The molecule has 0 saturated carbocycles. The van der Waals surface area contributed by atoms with Gasteiger partial charge in [0.1, 0.15) is 5.75 Å². The molecule has 2 amide bonds. The van der Waals surface area contributed by atoms with E-state index in [1.54, 1.807) is 35.9 Å². The van der Waals surface area contributed by atoms with Crippen LogP contribution in [0.5, 0.6) is 5.75 Å². The van der Waals surface area contributed by atoms with Gasteiger partial charge in [-0.2, -0.15) is 5.10 Å². The lowest BCUT2D eigenvalue weighted by Crippen LogP contribution is -2.45. The van der Waals surface area contributed by atoms with Gasteiger partial charge >= 0.3 is 0 Å². The molecule has 0 fully saturated rings. The van der Waals surface area contributed by atoms with Crippen molar-refractivity contribution < 1.29 is 19.1 Å². The van der Waals surface area contributed by atoms with Crippen LogP contribution in [0, 0.1) is 6.92 Å². The molecule has 0 N–H and O–H groups in total. The molecule has 31 heavy (non-hydrogen) atoms. The Bertz CT molecular complexity index is 1140. The number of benzene rings is 2. The number of rotatable bonds is 6. The van der Waals surface area contributed by atoms with Crippen LogP contribution in [0.25, 0.3) is 5.69 Å². The summed E-state index contributed by atoms with van der Waals surface area (Å²) in [5, 5.41) is 4.32. The van der Waals surface area contributed by atoms with Crippen molar-refractivity contribution in [2.24, 2.45) is 0 Å². The summed E-state index contributed by atoms with van der Waals surface area (Å²) in [5.74, 6) is -1.01. The fourth-order valence-electron chi connectivity index (χ4n) is 3.71. The van der Waals surface area contributed by atoms with Gasteiger partial charge in [0.15, 0.2) is 11.9 Å². The molecule has 4 rings (SSSR count). The zero-order valence-electron chi connectivity index (χ0n) is 17.4. The van der Waals surface area contributed by atoms with Crippen molar-refractivity contribution in [3.05, 3.63) is 77.6 Å². The number of fused-ring (bicyclic) bond motifs is 1. The van der Waals surface area contributed by atoms with Crippen LogP contribution >= 0.6 is 0 Å². The van der Waals surface area contributed by atoms with Crippen LogP contribution in [0.4, 0.5) is 0 Å². The SMILES string of the molecule is CCCC1Oc2ccccc2C(=O)N(CC(=O)c2cnn(-c3ccccc3)c2C)C1=O. The molecule has 7 nitrogen and oxygen atoms in total. The van der Waals surface area contributed by atoms with Crippen molar-refractivity contribution in [2.45, 2.75) is 32.8 Å². The van der Waals surface area contributed by atoms with E-state index < -0.39 is 17.9 Å². The number of ether oxygens (including phenoxy) is 1. The van der Waals surface area contributed by atoms with E-state index >= 15 is 0 Å². The van der Waals surface area contributed by atoms with E-state index in [0.717, 1.165) is 10.6 Å². The fourth-order valence-corrected chi connectivity index (χ4v) is 3.71. The van der Waals surface area contributed by atoms with Gasteiger partial charge in [-0.1, -0.05) is 43.7 Å². The van der Waals surface area contributed by atoms with Crippen molar-refractivity contribution >= 4 is 17.6 Å². The molecule has 0 saturated heterocycles. The Labute approximate surface area is 180 Å². The average molecular weight is 417 g/mol. The number of amides is 2. The maximum atomic E-state index is 13.1. The molecule has 0 spiro atoms. The van der Waals surface area contributed by atoms with Crippen LogP contribution in [0.2, 0.25) is 0 Å². The first-order chi connectivity index (χ1) is 15.0. The van der Waals surface area contributed by atoms with Crippen molar-refractivity contribution in [3.8, 4) is 11.4 Å². The molecule has 3 aromatic rings. The zero-order valence-corrected chi connectivity index (χ0v) is 17.4. The molecule has 0 radical (unpaired) electrons. The Morgan fingerprint density at radius 3 is 2.52 bits per heavy atom. The van der Waals surface area contributed by atoms with Crippen LogP contribution in [-0.4, -0.2) is 44.9 Å². The third-order valence-corrected chi connectivity index (χ3v) is 5.34. The fraction of sp³-hybridized carbons (Fsp3) is 0.250. The van der Waals surface area contributed by atoms with Crippen molar-refractivity contribution in [1.29, 1.82) is 0 Å². The Morgan fingerprint density at radius 1 is 1.06 bits per heavy atom. The Morgan fingerprint density at radius 2 is 1.77 bits per heavy atom. The number of carbonyl (C=O) groups is 3. The predicted octanol–water partition coefficient (Wildman–Crippen LogP) is 3.59. The standard InChI is InChI=1S/C24H23N3O4/c1-3-9-22-24(30)26(23(29)18-12-7-8-13-21(18)31-22)15-20(28)19-14-25-27(16(19)2)17-10-5-4-6-11-17/h4-8,10-14,22H,3,9,15H2,1-2H3. The lowest BCUT2D eigenvalue weighted by Gasteiger charge is -2.21. The smallest absolute Gasteiger partial charge is 0.270 e. The second-order valence-electron chi connectivity index (χ2n) is 7.44. The first-order valence-corrected chi connectivity index (χ1v) is 10.3. The van der Waals surface area contributed by atoms with Gasteiger partial charge in [-0.25, -0.2) is 4.68 Å². The molecule has 2 aromatic carbocycles. The van der Waals surface area contributed by atoms with E-state index in [-0.39, 0.29) is 17.9 Å². The number of aromatic nitrogens is 2. The monoisotopic (exact) mass is 417 g/mol. The summed E-state index contributed by atoms with van der Waals surface area (Å²) >= 11 is 0. The van der Waals surface area contributed by atoms with E-state index in [9.17, 15) is 14.4 Å². The maximum absolute atomic E-state index is 13.1. The summed E-state index contributed by atoms with van der Waals surface area (Å²) in [4.78, 5) is 40.4. The minimum absolute atomic E-state index is 0.277. The highest BCUT2D eigenvalue weighted by Gasteiger charge is 2.37. The molecule has 2 heterocycles. The molecular formula is C24H23N3O4. The first-order valence-electron chi connectivity index (χ1n) is 10.3. The van der Waals surface area contributed by atoms with Crippen LogP contribution in [-0.2, 0) is 4.79 Å². The second-order valence-corrected chi connectivity index (χ2v) is 7.44. The molecule has 1 aromatic heterocycles. The van der Waals surface area contributed by atoms with E-state index in [1.807, 2.05) is 37.3 Å². The summed E-state index contributed by atoms with van der Waals surface area (Å²) < 4.78 is 7.51. The third-order valence-electron chi connectivity index (χ3n) is 5.34. The number of para-hydroxylation sites is 2. The number of ketones is 1. The molecule has 0 aliphatic carbocycles. The van der Waals surface area contributed by atoms with Gasteiger partial charge in [-0.15, -0.1) is 0 Å². The number of carbonyl (C=O) groups excluding carboxylic acids is 3. The number of Topliss-reactive ketones (excluding diaryl/α,β-unsaturated/α-hetero) is 1. The maximum Gasteiger partial charge on any atom is 0.270 e. The van der Waals surface area contributed by atoms with E-state index in [4.69, 9.17) is 4.74 Å². The van der Waals surface area contributed by atoms with Crippen LogP contribution in [0.3, 0.4) is 0 Å². The normalized spacial score (nSPS) is 15.9. The highest BCUT2D eigenvalue weighted by atomic mass is 16.5.